The summed E-state index contributed by atoms with van der Waals surface area (Å²) in [5.41, 5.74) is 3.78. The van der Waals surface area contributed by atoms with Gasteiger partial charge in [-0.2, -0.15) is 0 Å². The lowest BCUT2D eigenvalue weighted by Crippen LogP contribution is -2.24. The SMILES string of the molecule is CC(OC(=O)CCc1ncc(-c2ccc(F)cc2)o1)C(=O)c1ccc2c(c1)CCC2. The normalized spacial score (nSPS) is 13.7. The van der Waals surface area contributed by atoms with Gasteiger partial charge in [0, 0.05) is 17.5 Å². The third kappa shape index (κ3) is 4.48. The van der Waals surface area contributed by atoms with Gasteiger partial charge in [-0.05, 0) is 67.6 Å². The number of hydrogen-bond donors (Lipinski definition) is 0. The van der Waals surface area contributed by atoms with Crippen molar-refractivity contribution >= 4 is 11.8 Å². The lowest BCUT2D eigenvalue weighted by molar-refractivity contribution is -0.146. The van der Waals surface area contributed by atoms with Crippen LogP contribution in [-0.2, 0) is 28.8 Å². The first-order chi connectivity index (χ1) is 14.5. The molecule has 1 unspecified atom stereocenters. The Kier molecular flexibility index (Phi) is 5.74. The van der Waals surface area contributed by atoms with E-state index in [0.717, 1.165) is 19.3 Å². The summed E-state index contributed by atoms with van der Waals surface area (Å²) in [5.74, 6) is -0.140. The van der Waals surface area contributed by atoms with Crippen LogP contribution in [0.3, 0.4) is 0 Å². The third-order valence-corrected chi connectivity index (χ3v) is 5.29. The van der Waals surface area contributed by atoms with Gasteiger partial charge in [-0.15, -0.1) is 0 Å². The van der Waals surface area contributed by atoms with Gasteiger partial charge < -0.3 is 9.15 Å². The number of benzene rings is 2. The molecule has 1 aliphatic rings. The first-order valence-electron chi connectivity index (χ1n) is 10.1. The lowest BCUT2D eigenvalue weighted by Gasteiger charge is -2.13. The summed E-state index contributed by atoms with van der Waals surface area (Å²) < 4.78 is 24.0. The van der Waals surface area contributed by atoms with Gasteiger partial charge in [-0.3, -0.25) is 9.59 Å². The molecule has 0 radical (unpaired) electrons. The van der Waals surface area contributed by atoms with Crippen LogP contribution in [0.4, 0.5) is 4.39 Å². The van der Waals surface area contributed by atoms with Gasteiger partial charge in [0.15, 0.2) is 17.8 Å². The van der Waals surface area contributed by atoms with Crippen LogP contribution in [0.15, 0.2) is 53.1 Å². The molecule has 1 aliphatic carbocycles. The Morgan fingerprint density at radius 3 is 2.70 bits per heavy atom. The van der Waals surface area contributed by atoms with E-state index in [-0.39, 0.29) is 24.4 Å². The van der Waals surface area contributed by atoms with Crippen molar-refractivity contribution in [3.8, 4) is 11.3 Å². The number of rotatable bonds is 7. The van der Waals surface area contributed by atoms with Crippen LogP contribution in [0.25, 0.3) is 11.3 Å². The van der Waals surface area contributed by atoms with Crippen LogP contribution in [0, 0.1) is 5.82 Å². The molecule has 1 atom stereocenters. The number of carbonyl (C=O) groups is 2. The van der Waals surface area contributed by atoms with E-state index < -0.39 is 12.1 Å². The van der Waals surface area contributed by atoms with Crippen molar-refractivity contribution in [2.75, 3.05) is 0 Å². The van der Waals surface area contributed by atoms with Gasteiger partial charge >= 0.3 is 5.97 Å². The second-order valence-electron chi connectivity index (χ2n) is 7.46. The van der Waals surface area contributed by atoms with Crippen LogP contribution in [0.1, 0.15) is 47.1 Å². The highest BCUT2D eigenvalue weighted by atomic mass is 19.1. The highest BCUT2D eigenvalue weighted by Crippen LogP contribution is 2.24. The number of halogens is 1. The first kappa shape index (κ1) is 20.0. The van der Waals surface area contributed by atoms with Crippen molar-refractivity contribution in [2.45, 2.75) is 45.1 Å². The summed E-state index contributed by atoms with van der Waals surface area (Å²) in [6, 6.07) is 11.6. The second kappa shape index (κ2) is 8.61. The van der Waals surface area contributed by atoms with Crippen molar-refractivity contribution in [1.29, 1.82) is 0 Å². The van der Waals surface area contributed by atoms with Crippen LogP contribution < -0.4 is 0 Å². The predicted molar refractivity (Wildman–Crippen MR) is 109 cm³/mol. The minimum atomic E-state index is -0.851. The monoisotopic (exact) mass is 407 g/mol. The molecule has 3 aromatic rings. The molecule has 0 saturated heterocycles. The van der Waals surface area contributed by atoms with Crippen LogP contribution in [-0.4, -0.2) is 22.8 Å². The van der Waals surface area contributed by atoms with E-state index in [0.29, 0.717) is 22.8 Å². The van der Waals surface area contributed by atoms with Crippen molar-refractivity contribution < 1.29 is 23.1 Å². The van der Waals surface area contributed by atoms with Crippen molar-refractivity contribution in [3.05, 3.63) is 77.1 Å². The van der Waals surface area contributed by atoms with Crippen LogP contribution in [0.2, 0.25) is 0 Å². The van der Waals surface area contributed by atoms with Crippen LogP contribution in [0.5, 0.6) is 0 Å². The van der Waals surface area contributed by atoms with Crippen LogP contribution >= 0.6 is 0 Å². The Bertz CT molecular complexity index is 1070. The molecule has 2 aromatic carbocycles. The maximum atomic E-state index is 13.0. The fraction of sp³-hybridized carbons (Fsp3) is 0.292. The summed E-state index contributed by atoms with van der Waals surface area (Å²) in [6.45, 7) is 1.59. The Balaban J connectivity index is 1.30. The number of Topliss-reactive ketones (excluding diaryl/α,β-unsaturated/α-hetero) is 1. The molecule has 4 rings (SSSR count). The molecule has 0 N–H and O–H groups in total. The zero-order valence-corrected chi connectivity index (χ0v) is 16.7. The Morgan fingerprint density at radius 1 is 1.13 bits per heavy atom. The maximum Gasteiger partial charge on any atom is 0.307 e. The second-order valence-corrected chi connectivity index (χ2v) is 7.46. The number of hydrogen-bond acceptors (Lipinski definition) is 5. The van der Waals surface area contributed by atoms with Gasteiger partial charge in [-0.1, -0.05) is 12.1 Å². The van der Waals surface area contributed by atoms with Gasteiger partial charge in [0.25, 0.3) is 0 Å². The molecule has 30 heavy (non-hydrogen) atoms. The van der Waals surface area contributed by atoms with E-state index in [4.69, 9.17) is 9.15 Å². The summed E-state index contributed by atoms with van der Waals surface area (Å²) in [6.07, 6.45) is 4.13. The molecule has 5 nitrogen and oxygen atoms in total. The molecule has 0 spiro atoms. The average molecular weight is 407 g/mol. The largest absolute Gasteiger partial charge is 0.454 e. The first-order valence-corrected chi connectivity index (χ1v) is 10.1. The maximum absolute atomic E-state index is 13.0. The number of aromatic nitrogens is 1. The molecule has 0 aliphatic heterocycles. The molecule has 1 aromatic heterocycles. The molecule has 0 saturated carbocycles. The van der Waals surface area contributed by atoms with E-state index >= 15 is 0 Å². The predicted octanol–water partition coefficient (Wildman–Crippen LogP) is 4.72. The zero-order chi connectivity index (χ0) is 21.1. The quantitative estimate of drug-likeness (QED) is 0.419. The zero-order valence-electron chi connectivity index (χ0n) is 16.7. The minimum absolute atomic E-state index is 0.0468. The Labute approximate surface area is 173 Å². The Morgan fingerprint density at radius 2 is 1.90 bits per heavy atom. The highest BCUT2D eigenvalue weighted by molar-refractivity contribution is 6.00. The third-order valence-electron chi connectivity index (χ3n) is 5.29. The number of aryl methyl sites for hydroxylation is 3. The molecule has 6 heteroatoms. The minimum Gasteiger partial charge on any atom is -0.454 e. The summed E-state index contributed by atoms with van der Waals surface area (Å²) in [4.78, 5) is 28.9. The van der Waals surface area contributed by atoms with Crippen molar-refractivity contribution in [1.82, 2.24) is 4.98 Å². The highest BCUT2D eigenvalue weighted by Gasteiger charge is 2.22. The number of ketones is 1. The average Bonchev–Trinajstić information content (AvgIpc) is 3.41. The molecular formula is C24H22FNO4. The Hall–Kier alpha value is -3.28. The van der Waals surface area contributed by atoms with E-state index in [1.165, 1.54) is 29.5 Å². The fourth-order valence-electron chi connectivity index (χ4n) is 3.65. The molecule has 0 amide bonds. The van der Waals surface area contributed by atoms with Gasteiger partial charge in [0.1, 0.15) is 5.82 Å². The van der Waals surface area contributed by atoms with Crippen molar-refractivity contribution in [2.24, 2.45) is 0 Å². The number of fused-ring (bicyclic) bond motifs is 1. The number of nitrogens with zero attached hydrogens (tertiary/aromatic N) is 1. The standard InChI is InChI=1S/C24H22FNO4/c1-15(24(28)19-6-5-16-3-2-4-18(16)13-19)29-23(27)12-11-22-26-14-21(30-22)17-7-9-20(25)10-8-17/h5-10,13-15H,2-4,11-12H2,1H3. The smallest absolute Gasteiger partial charge is 0.307 e. The number of ether oxygens (including phenoxy) is 1. The van der Waals surface area contributed by atoms with E-state index in [1.807, 2.05) is 12.1 Å². The molecule has 1 heterocycles. The molecular weight excluding hydrogens is 385 g/mol. The number of carbonyl (C=O) groups excluding carboxylic acids is 2. The lowest BCUT2D eigenvalue weighted by atomic mass is 10.0. The summed E-state index contributed by atoms with van der Waals surface area (Å²) in [5, 5.41) is 0. The van der Waals surface area contributed by atoms with Gasteiger partial charge in [-0.25, -0.2) is 9.37 Å². The van der Waals surface area contributed by atoms with Gasteiger partial charge in [0.05, 0.1) is 12.6 Å². The number of oxazole rings is 1. The molecule has 154 valence electrons. The fourth-order valence-corrected chi connectivity index (χ4v) is 3.65. The van der Waals surface area contributed by atoms with E-state index in [9.17, 15) is 14.0 Å². The van der Waals surface area contributed by atoms with Crippen molar-refractivity contribution in [3.63, 3.8) is 0 Å². The van der Waals surface area contributed by atoms with E-state index in [2.05, 4.69) is 4.98 Å². The summed E-state index contributed by atoms with van der Waals surface area (Å²) in [7, 11) is 0. The number of esters is 1. The summed E-state index contributed by atoms with van der Waals surface area (Å²) >= 11 is 0. The molecule has 0 bridgehead atoms. The molecule has 0 fully saturated rings. The topological polar surface area (TPSA) is 69.4 Å². The van der Waals surface area contributed by atoms with Gasteiger partial charge in [0.2, 0.25) is 5.78 Å². The van der Waals surface area contributed by atoms with E-state index in [1.54, 1.807) is 25.1 Å².